The molecular weight excluding hydrogens is 128 g/mol. The number of hydrogen-bond acceptors (Lipinski definition) is 2. The van der Waals surface area contributed by atoms with Crippen LogP contribution in [-0.4, -0.2) is 6.77 Å². The molecule has 1 aliphatic rings. The average molecular weight is 139 g/mol. The summed E-state index contributed by atoms with van der Waals surface area (Å²) in [6.45, 7) is 0.575. The fraction of sp³-hybridized carbons (Fsp3) is 0.250. The fourth-order valence-corrected chi connectivity index (χ4v) is 0.806. The number of fused-ring (bicyclic) bond motifs is 1. The van der Waals surface area contributed by atoms with E-state index in [0.29, 0.717) is 11.3 Å². The van der Waals surface area contributed by atoms with Crippen molar-refractivity contribution < 1.29 is 13.6 Å². The Hall–Kier alpha value is -1.18. The van der Waals surface area contributed by atoms with Crippen LogP contribution in [0.3, 0.4) is 0 Å². The Bertz CT molecular complexity index is 365. The first-order valence-corrected chi connectivity index (χ1v) is 2.96. The second-order valence-corrected chi connectivity index (χ2v) is 2.06. The van der Waals surface area contributed by atoms with Gasteiger partial charge in [-0.3, -0.25) is 0 Å². The van der Waals surface area contributed by atoms with Crippen molar-refractivity contribution in [1.29, 1.82) is 0 Å². The highest BCUT2D eigenvalue weighted by molar-refractivity contribution is 5.43. The molecule has 2 rings (SSSR count). The van der Waals surface area contributed by atoms with E-state index < -0.39 is 6.77 Å². The highest BCUT2D eigenvalue weighted by Gasteiger charge is 2.11. The molecule has 0 saturated carbocycles. The van der Waals surface area contributed by atoms with Crippen molar-refractivity contribution in [2.75, 3.05) is 6.77 Å². The van der Waals surface area contributed by atoms with E-state index in [2.05, 4.69) is 0 Å². The molecule has 0 radical (unpaired) electrons. The molecule has 1 aliphatic heterocycles. The molecule has 0 saturated heterocycles. The van der Waals surface area contributed by atoms with Crippen LogP contribution in [0.15, 0.2) is 18.2 Å². The summed E-state index contributed by atoms with van der Waals surface area (Å²) in [5, 5.41) is 0. The van der Waals surface area contributed by atoms with Gasteiger partial charge in [0.2, 0.25) is 6.77 Å². The number of rotatable bonds is 0. The lowest BCUT2D eigenvalue weighted by molar-refractivity contribution is 0.174. The summed E-state index contributed by atoms with van der Waals surface area (Å²) >= 11 is 0. The Morgan fingerprint density at radius 3 is 3.30 bits per heavy atom. The topological polar surface area (TPSA) is 18.5 Å². The molecule has 2 heteroatoms. The van der Waals surface area contributed by atoms with Crippen molar-refractivity contribution >= 4 is 0 Å². The first kappa shape index (κ1) is 3.28. The molecular formula is C8H8O2. The predicted molar refractivity (Wildman–Crippen MR) is 37.3 cm³/mol. The van der Waals surface area contributed by atoms with E-state index in [-0.39, 0.29) is 17.8 Å². The standard InChI is InChI=1S/C8H8O2/c1-6-2-3-7-8(4-6)10-5-9-7/h2-4H,5H2,1H3/i2D,4D,5D. The lowest BCUT2D eigenvalue weighted by atomic mass is 10.2. The first-order chi connectivity index (χ1) is 6.09. The van der Waals surface area contributed by atoms with E-state index in [1.807, 2.05) is 0 Å². The largest absolute Gasteiger partial charge is 0.454 e. The lowest BCUT2D eigenvalue weighted by Gasteiger charge is -1.94. The van der Waals surface area contributed by atoms with Gasteiger partial charge in [0.15, 0.2) is 11.5 Å². The zero-order valence-electron chi connectivity index (χ0n) is 8.47. The smallest absolute Gasteiger partial charge is 0.231 e. The van der Waals surface area contributed by atoms with Gasteiger partial charge < -0.3 is 9.47 Å². The molecule has 2 nitrogen and oxygen atoms in total. The molecule has 1 aromatic carbocycles. The van der Waals surface area contributed by atoms with Crippen LogP contribution in [0, 0.1) is 6.92 Å². The Labute approximate surface area is 63.6 Å². The van der Waals surface area contributed by atoms with Crippen LogP contribution < -0.4 is 9.47 Å². The third-order valence-electron chi connectivity index (χ3n) is 1.29. The minimum absolute atomic E-state index is 0.136. The van der Waals surface area contributed by atoms with Gasteiger partial charge in [-0.05, 0) is 24.6 Å². The average Bonchev–Trinajstić information content (AvgIpc) is 2.42. The Kier molecular flexibility index (Phi) is 0.625. The quantitative estimate of drug-likeness (QED) is 0.545. The van der Waals surface area contributed by atoms with E-state index in [1.165, 1.54) is 6.07 Å². The van der Waals surface area contributed by atoms with Gasteiger partial charge in [0.25, 0.3) is 0 Å². The maximum absolute atomic E-state index is 7.60. The summed E-state index contributed by atoms with van der Waals surface area (Å²) in [7, 11) is 0. The Morgan fingerprint density at radius 1 is 1.60 bits per heavy atom. The van der Waals surface area contributed by atoms with Gasteiger partial charge in [0.05, 0.1) is 2.74 Å². The fourth-order valence-electron chi connectivity index (χ4n) is 0.806. The second-order valence-electron chi connectivity index (χ2n) is 2.06. The van der Waals surface area contributed by atoms with Crippen molar-refractivity contribution in [1.82, 2.24) is 0 Å². The molecule has 1 aromatic rings. The zero-order valence-corrected chi connectivity index (χ0v) is 5.47. The van der Waals surface area contributed by atoms with E-state index in [4.69, 9.17) is 13.6 Å². The molecule has 1 unspecified atom stereocenters. The van der Waals surface area contributed by atoms with Gasteiger partial charge in [-0.1, -0.05) is 6.04 Å². The molecule has 0 bridgehead atoms. The Balaban J connectivity index is 2.60. The van der Waals surface area contributed by atoms with E-state index in [9.17, 15) is 0 Å². The van der Waals surface area contributed by atoms with E-state index in [0.717, 1.165) is 0 Å². The first-order valence-electron chi connectivity index (χ1n) is 4.53. The summed E-state index contributed by atoms with van der Waals surface area (Å²) in [5.41, 5.74) is 0.538. The maximum Gasteiger partial charge on any atom is 0.231 e. The van der Waals surface area contributed by atoms with E-state index >= 15 is 0 Å². The summed E-state index contributed by atoms with van der Waals surface area (Å²) in [6, 6.07) is 1.84. The molecule has 0 N–H and O–H groups in total. The molecule has 1 heterocycles. The molecule has 52 valence electrons. The van der Waals surface area contributed by atoms with Crippen LogP contribution in [0.1, 0.15) is 9.68 Å². The van der Waals surface area contributed by atoms with Crippen LogP contribution in [0.2, 0.25) is 0 Å². The van der Waals surface area contributed by atoms with Gasteiger partial charge in [-0.2, -0.15) is 0 Å². The van der Waals surface area contributed by atoms with Crippen LogP contribution in [0.4, 0.5) is 0 Å². The zero-order chi connectivity index (χ0) is 9.59. The lowest BCUT2D eigenvalue weighted by Crippen LogP contribution is -1.92. The molecule has 0 amide bonds. The summed E-state index contributed by atoms with van der Waals surface area (Å²) in [4.78, 5) is 0. The van der Waals surface area contributed by atoms with Crippen LogP contribution >= 0.6 is 0 Å². The SMILES string of the molecule is [2H]c1cc2c(c([2H])c1C)OC([2H])O2. The second kappa shape index (κ2) is 1.90. The van der Waals surface area contributed by atoms with Crippen molar-refractivity contribution in [2.24, 2.45) is 0 Å². The van der Waals surface area contributed by atoms with Gasteiger partial charge >= 0.3 is 0 Å². The Morgan fingerprint density at radius 2 is 2.40 bits per heavy atom. The van der Waals surface area contributed by atoms with Crippen molar-refractivity contribution in [3.63, 3.8) is 0 Å². The molecule has 10 heavy (non-hydrogen) atoms. The molecule has 1 atom stereocenters. The van der Waals surface area contributed by atoms with Crippen molar-refractivity contribution in [3.8, 4) is 11.5 Å². The predicted octanol–water partition coefficient (Wildman–Crippen LogP) is 1.72. The molecule has 0 aromatic heterocycles. The minimum Gasteiger partial charge on any atom is -0.454 e. The van der Waals surface area contributed by atoms with Crippen LogP contribution in [0.5, 0.6) is 11.5 Å². The van der Waals surface area contributed by atoms with Gasteiger partial charge in [-0.25, -0.2) is 0 Å². The number of benzene rings is 1. The number of ether oxygens (including phenoxy) is 2. The van der Waals surface area contributed by atoms with Crippen molar-refractivity contribution in [2.45, 2.75) is 6.92 Å². The van der Waals surface area contributed by atoms with Gasteiger partial charge in [0.1, 0.15) is 1.37 Å². The van der Waals surface area contributed by atoms with Crippen molar-refractivity contribution in [3.05, 3.63) is 23.7 Å². The molecule has 0 spiro atoms. The monoisotopic (exact) mass is 139 g/mol. The molecule has 0 aliphatic carbocycles. The summed E-state index contributed by atoms with van der Waals surface area (Å²) in [5.74, 6) is 0.592. The summed E-state index contributed by atoms with van der Waals surface area (Å²) < 4.78 is 32.1. The van der Waals surface area contributed by atoms with Crippen LogP contribution in [-0.2, 0) is 0 Å². The highest BCUT2D eigenvalue weighted by atomic mass is 16.7. The normalized spacial score (nSPS) is 25.3. The number of hydrogen-bond donors (Lipinski definition) is 0. The molecule has 0 fully saturated rings. The summed E-state index contributed by atoms with van der Waals surface area (Å²) in [6.07, 6.45) is 0. The maximum atomic E-state index is 7.60. The third-order valence-corrected chi connectivity index (χ3v) is 1.29. The van der Waals surface area contributed by atoms with Crippen LogP contribution in [0.25, 0.3) is 0 Å². The van der Waals surface area contributed by atoms with Gasteiger partial charge in [-0.15, -0.1) is 0 Å². The minimum atomic E-state index is -1.10. The third kappa shape index (κ3) is 0.727. The van der Waals surface area contributed by atoms with Gasteiger partial charge in [0, 0.05) is 0 Å². The van der Waals surface area contributed by atoms with E-state index in [1.54, 1.807) is 6.92 Å². The highest BCUT2D eigenvalue weighted by Crippen LogP contribution is 2.31.